The lowest BCUT2D eigenvalue weighted by atomic mass is 10.1. The summed E-state index contributed by atoms with van der Waals surface area (Å²) in [6.07, 6.45) is 13.4. The number of fused-ring (bicyclic) bond motifs is 1. The van der Waals surface area contributed by atoms with Crippen molar-refractivity contribution in [1.29, 1.82) is 0 Å². The van der Waals surface area contributed by atoms with Crippen LogP contribution >= 0.6 is 0 Å². The number of nitrogens with one attached hydrogen (secondary N) is 3. The maximum absolute atomic E-state index is 12.4. The molecule has 1 aliphatic heterocycles. The molecule has 1 aliphatic rings. The third-order valence-electron chi connectivity index (χ3n) is 8.21. The van der Waals surface area contributed by atoms with Gasteiger partial charge in [0, 0.05) is 61.5 Å². The summed E-state index contributed by atoms with van der Waals surface area (Å²) in [7, 11) is 1.84. The van der Waals surface area contributed by atoms with Gasteiger partial charge in [-0.25, -0.2) is 0 Å². The zero-order chi connectivity index (χ0) is 33.9. The van der Waals surface area contributed by atoms with Crippen LogP contribution in [-0.2, 0) is 27.5 Å². The Labute approximate surface area is 277 Å². The lowest BCUT2D eigenvalue weighted by Crippen LogP contribution is -2.34. The van der Waals surface area contributed by atoms with Gasteiger partial charge in [0.25, 0.3) is 5.91 Å². The van der Waals surface area contributed by atoms with E-state index in [0.29, 0.717) is 19.4 Å². The van der Waals surface area contributed by atoms with Crippen molar-refractivity contribution >= 4 is 35.9 Å². The van der Waals surface area contributed by atoms with Gasteiger partial charge in [0.2, 0.25) is 12.3 Å². The molecule has 12 nitrogen and oxygen atoms in total. The number of rotatable bonds is 20. The maximum atomic E-state index is 12.4. The van der Waals surface area contributed by atoms with Crippen molar-refractivity contribution in [3.8, 4) is 11.3 Å². The third-order valence-corrected chi connectivity index (χ3v) is 8.21. The topological polar surface area (TPSA) is 164 Å². The second-order valence-corrected chi connectivity index (χ2v) is 11.8. The molecule has 0 saturated heterocycles. The molecule has 3 aromatic rings. The van der Waals surface area contributed by atoms with E-state index in [1.165, 1.54) is 38.5 Å². The molecule has 2 heterocycles. The number of aromatic nitrogens is 3. The normalized spacial score (nSPS) is 12.6. The second-order valence-electron chi connectivity index (χ2n) is 11.8. The number of unbranched alkanes of at least 4 members (excludes halogenated alkanes) is 7. The molecule has 0 bridgehead atoms. The van der Waals surface area contributed by atoms with Gasteiger partial charge in [0.1, 0.15) is 12.0 Å². The Kier molecular flexibility index (Phi) is 16.1. The Morgan fingerprint density at radius 2 is 1.72 bits per heavy atom. The molecular formula is C35H50N8O4. The highest BCUT2D eigenvalue weighted by molar-refractivity contribution is 5.99. The molecule has 0 saturated carbocycles. The lowest BCUT2D eigenvalue weighted by Gasteiger charge is -2.23. The van der Waals surface area contributed by atoms with Crippen molar-refractivity contribution in [2.75, 3.05) is 31.2 Å². The average molecular weight is 647 g/mol. The smallest absolute Gasteiger partial charge is 0.254 e. The monoisotopic (exact) mass is 646 g/mol. The van der Waals surface area contributed by atoms with E-state index in [2.05, 4.69) is 26.3 Å². The number of nitrogens with zero attached hydrogens (tertiary/aromatic N) is 4. The number of nitrogen functional groups attached to an aromatic ring is 1. The molecular weight excluding hydrogens is 596 g/mol. The fourth-order valence-corrected chi connectivity index (χ4v) is 5.36. The number of hydrogen-bond donors (Lipinski definition) is 4. The van der Waals surface area contributed by atoms with Crippen LogP contribution in [0, 0.1) is 0 Å². The van der Waals surface area contributed by atoms with E-state index in [-0.39, 0.29) is 24.3 Å². The first-order valence-electron chi connectivity index (χ1n) is 16.6. The van der Waals surface area contributed by atoms with Gasteiger partial charge in [-0.05, 0) is 68.6 Å². The van der Waals surface area contributed by atoms with Crippen LogP contribution in [0.2, 0.25) is 0 Å². The van der Waals surface area contributed by atoms with Gasteiger partial charge in [-0.1, -0.05) is 49.5 Å². The largest absolute Gasteiger partial charge is 0.399 e. The van der Waals surface area contributed by atoms with Crippen LogP contribution in [0.5, 0.6) is 0 Å². The van der Waals surface area contributed by atoms with Gasteiger partial charge in [0.05, 0.1) is 12.7 Å². The number of nitrogens with two attached hydrogens (primary N) is 1. The van der Waals surface area contributed by atoms with Crippen molar-refractivity contribution in [3.63, 3.8) is 0 Å². The molecule has 47 heavy (non-hydrogen) atoms. The molecule has 0 aliphatic carbocycles. The molecule has 0 radical (unpaired) electrons. The van der Waals surface area contributed by atoms with Crippen molar-refractivity contribution in [1.82, 2.24) is 30.5 Å². The Morgan fingerprint density at radius 3 is 2.43 bits per heavy atom. The van der Waals surface area contributed by atoms with E-state index >= 15 is 0 Å². The highest BCUT2D eigenvalue weighted by Gasteiger charge is 2.30. The van der Waals surface area contributed by atoms with Crippen LogP contribution in [0.3, 0.4) is 0 Å². The first-order valence-corrected chi connectivity index (χ1v) is 16.6. The predicted octanol–water partition coefficient (Wildman–Crippen LogP) is 4.56. The molecule has 1 atom stereocenters. The summed E-state index contributed by atoms with van der Waals surface area (Å²) in [5.41, 5.74) is 11.1. The molecule has 4 rings (SSSR count). The number of carbonyl (C=O) groups is 4. The molecule has 0 fully saturated rings. The number of amides is 3. The number of hydrogen-bond acceptors (Lipinski definition) is 9. The van der Waals surface area contributed by atoms with Gasteiger partial charge in [-0.3, -0.25) is 24.4 Å². The fourth-order valence-electron chi connectivity index (χ4n) is 5.36. The van der Waals surface area contributed by atoms with Crippen molar-refractivity contribution in [3.05, 3.63) is 59.8 Å². The molecule has 0 spiro atoms. The summed E-state index contributed by atoms with van der Waals surface area (Å²) < 4.78 is 1.87. The molecule has 12 heteroatoms. The number of aldehydes is 1. The van der Waals surface area contributed by atoms with Gasteiger partial charge in [0.15, 0.2) is 0 Å². The minimum atomic E-state index is -0.321. The highest BCUT2D eigenvalue weighted by Crippen LogP contribution is 2.28. The Hall–Kier alpha value is -4.58. The minimum Gasteiger partial charge on any atom is -0.399 e. The second kappa shape index (κ2) is 20.5. The minimum absolute atomic E-state index is 0.00375. The zero-order valence-corrected chi connectivity index (χ0v) is 27.7. The van der Waals surface area contributed by atoms with Gasteiger partial charge < -0.3 is 26.1 Å². The quantitative estimate of drug-likeness (QED) is 0.0782. The van der Waals surface area contributed by atoms with E-state index in [1.54, 1.807) is 4.90 Å². The van der Waals surface area contributed by atoms with E-state index in [1.807, 2.05) is 67.3 Å². The van der Waals surface area contributed by atoms with E-state index in [4.69, 9.17) is 5.73 Å². The first-order chi connectivity index (χ1) is 22.9. The number of carbonyl (C=O) groups excluding carboxylic acids is 4. The SMILES string of the molecule is CNc1ccc2c(c1)CN(C(C)CCC(=O)NC=O)C2=O.Nc1ccc(-c2cn(CCNCCCCCCCCCC=O)nn2)cc1. The summed E-state index contributed by atoms with van der Waals surface area (Å²) in [6, 6.07) is 13.3. The van der Waals surface area contributed by atoms with E-state index in [0.717, 1.165) is 72.5 Å². The first kappa shape index (κ1) is 36.9. The van der Waals surface area contributed by atoms with Crippen molar-refractivity contribution < 1.29 is 19.2 Å². The third kappa shape index (κ3) is 12.6. The summed E-state index contributed by atoms with van der Waals surface area (Å²) in [4.78, 5) is 45.8. The molecule has 254 valence electrons. The fraction of sp³-hybridized carbons (Fsp3) is 0.486. The summed E-state index contributed by atoms with van der Waals surface area (Å²) in [5.74, 6) is -0.325. The molecule has 1 aromatic heterocycles. The standard InChI is InChI=1S/C20H31N5O.C15H19N3O3/c21-19-11-9-18(10-12-19)20-17-25(24-23-20)15-14-22-13-7-5-3-1-2-4-6-8-16-26;1-10(3-6-14(20)17-9-19)18-8-11-7-12(16-2)4-5-13(11)15(18)21/h9-12,16-17,22H,1-8,13-15,21H2;4-5,7,9-10,16H,3,6,8H2,1-2H3,(H,17,19,20). The number of imide groups is 1. The lowest BCUT2D eigenvalue weighted by molar-refractivity contribution is -0.125. The van der Waals surface area contributed by atoms with Gasteiger partial charge in [-0.2, -0.15) is 0 Å². The highest BCUT2D eigenvalue weighted by atomic mass is 16.2. The predicted molar refractivity (Wildman–Crippen MR) is 185 cm³/mol. The van der Waals surface area contributed by atoms with E-state index in [9.17, 15) is 19.2 Å². The summed E-state index contributed by atoms with van der Waals surface area (Å²) in [5, 5.41) is 17.0. The summed E-state index contributed by atoms with van der Waals surface area (Å²) in [6.45, 7) is 5.23. The van der Waals surface area contributed by atoms with Crippen LogP contribution in [0.25, 0.3) is 11.3 Å². The molecule has 3 amide bonds. The molecule has 5 N–H and O–H groups in total. The van der Waals surface area contributed by atoms with Crippen LogP contribution < -0.4 is 21.7 Å². The number of benzene rings is 2. The Balaban J connectivity index is 0.000000261. The van der Waals surface area contributed by atoms with Gasteiger partial charge >= 0.3 is 0 Å². The van der Waals surface area contributed by atoms with Crippen LogP contribution in [0.4, 0.5) is 11.4 Å². The van der Waals surface area contributed by atoms with E-state index < -0.39 is 0 Å². The van der Waals surface area contributed by atoms with Gasteiger partial charge in [-0.15, -0.1) is 5.10 Å². The van der Waals surface area contributed by atoms with Crippen molar-refractivity contribution in [2.24, 2.45) is 0 Å². The van der Waals surface area contributed by atoms with Crippen molar-refractivity contribution in [2.45, 2.75) is 90.3 Å². The van der Waals surface area contributed by atoms with Crippen LogP contribution in [-0.4, -0.2) is 70.6 Å². The van der Waals surface area contributed by atoms with Crippen LogP contribution in [0.15, 0.2) is 48.7 Å². The molecule has 1 unspecified atom stereocenters. The Bertz CT molecular complexity index is 1410. The number of anilines is 2. The Morgan fingerprint density at radius 1 is 1.00 bits per heavy atom. The molecule has 2 aromatic carbocycles. The van der Waals surface area contributed by atoms with Crippen LogP contribution in [0.1, 0.15) is 87.1 Å². The summed E-state index contributed by atoms with van der Waals surface area (Å²) >= 11 is 0. The zero-order valence-electron chi connectivity index (χ0n) is 27.7. The maximum Gasteiger partial charge on any atom is 0.254 e. The average Bonchev–Trinajstić information content (AvgIpc) is 3.69.